The Morgan fingerprint density at radius 3 is 1.77 bits per heavy atom. The van der Waals surface area contributed by atoms with Crippen molar-refractivity contribution in [3.8, 4) is 0 Å². The maximum Gasteiger partial charge on any atom is 0.407 e. The number of ether oxygens (including phenoxy) is 5. The van der Waals surface area contributed by atoms with Gasteiger partial charge in [-0.3, -0.25) is 0 Å². The third kappa shape index (κ3) is 17.1. The summed E-state index contributed by atoms with van der Waals surface area (Å²) in [4.78, 5) is 11.1. The highest BCUT2D eigenvalue weighted by atomic mass is 16.6. The topological polar surface area (TPSA) is 95.5 Å². The second-order valence-electron chi connectivity index (χ2n) is 4.55. The highest BCUT2D eigenvalue weighted by Crippen LogP contribution is 1.87. The molecule has 0 aromatic rings. The van der Waals surface area contributed by atoms with Crippen molar-refractivity contribution in [1.29, 1.82) is 0 Å². The fraction of sp³-hybridized carbons (Fsp3) is 0.929. The third-order valence-electron chi connectivity index (χ3n) is 2.21. The molecule has 0 unspecified atom stereocenters. The van der Waals surface area contributed by atoms with Crippen LogP contribution in [-0.2, 0) is 23.7 Å². The summed E-state index contributed by atoms with van der Waals surface area (Å²) < 4.78 is 25.8. The van der Waals surface area contributed by atoms with Gasteiger partial charge in [0.25, 0.3) is 0 Å². The van der Waals surface area contributed by atoms with Gasteiger partial charge in [0.15, 0.2) is 0 Å². The molecule has 0 aliphatic heterocycles. The Morgan fingerprint density at radius 1 is 0.864 bits per heavy atom. The lowest BCUT2D eigenvalue weighted by molar-refractivity contribution is -0.00524. The second-order valence-corrected chi connectivity index (χ2v) is 4.55. The van der Waals surface area contributed by atoms with Crippen LogP contribution < -0.4 is 5.32 Å². The molecule has 0 aliphatic rings. The van der Waals surface area contributed by atoms with E-state index in [-0.39, 0.29) is 12.7 Å². The molecule has 0 atom stereocenters. The van der Waals surface area contributed by atoms with Crippen molar-refractivity contribution < 1.29 is 33.6 Å². The Hall–Kier alpha value is -0.930. The van der Waals surface area contributed by atoms with E-state index >= 15 is 0 Å². The van der Waals surface area contributed by atoms with E-state index in [1.165, 1.54) is 0 Å². The minimum absolute atomic E-state index is 0.0253. The van der Waals surface area contributed by atoms with Crippen molar-refractivity contribution >= 4 is 6.09 Å². The number of amides is 1. The summed E-state index contributed by atoms with van der Waals surface area (Å²) in [6.45, 7) is 7.62. The summed E-state index contributed by atoms with van der Waals surface area (Å²) in [5.74, 6) is 0. The van der Waals surface area contributed by atoms with Crippen molar-refractivity contribution in [1.82, 2.24) is 5.32 Å². The van der Waals surface area contributed by atoms with Crippen LogP contribution in [-0.4, -0.2) is 83.3 Å². The van der Waals surface area contributed by atoms with E-state index < -0.39 is 6.09 Å². The Morgan fingerprint density at radius 2 is 1.32 bits per heavy atom. The average Bonchev–Trinajstić information content (AvgIpc) is 2.47. The second kappa shape index (κ2) is 16.4. The van der Waals surface area contributed by atoms with Gasteiger partial charge in [0, 0.05) is 6.54 Å². The monoisotopic (exact) mass is 323 g/mol. The number of alkyl carbamates (subject to hydrolysis) is 1. The maximum absolute atomic E-state index is 11.1. The van der Waals surface area contributed by atoms with Crippen LogP contribution >= 0.6 is 0 Å². The number of aliphatic hydroxyl groups excluding tert-OH is 1. The van der Waals surface area contributed by atoms with E-state index in [0.29, 0.717) is 59.4 Å². The van der Waals surface area contributed by atoms with E-state index in [0.717, 1.165) is 0 Å². The fourth-order valence-electron chi connectivity index (χ4n) is 1.31. The van der Waals surface area contributed by atoms with Crippen LogP contribution in [0.1, 0.15) is 13.8 Å². The molecule has 22 heavy (non-hydrogen) atoms. The summed E-state index contributed by atoms with van der Waals surface area (Å²) in [6, 6.07) is 0. The van der Waals surface area contributed by atoms with Crippen molar-refractivity contribution in [2.24, 2.45) is 0 Å². The Bertz CT molecular complexity index is 251. The first-order chi connectivity index (χ1) is 10.7. The van der Waals surface area contributed by atoms with Gasteiger partial charge < -0.3 is 34.1 Å². The normalized spacial score (nSPS) is 10.9. The lowest BCUT2D eigenvalue weighted by atomic mass is 10.5. The van der Waals surface area contributed by atoms with Crippen molar-refractivity contribution in [3.05, 3.63) is 0 Å². The van der Waals surface area contributed by atoms with Crippen LogP contribution in [0.15, 0.2) is 0 Å². The fourth-order valence-corrected chi connectivity index (χ4v) is 1.31. The molecule has 0 aromatic heterocycles. The number of nitrogens with one attached hydrogen (secondary N) is 1. The molecule has 8 heteroatoms. The molecule has 0 rings (SSSR count). The first-order valence-electron chi connectivity index (χ1n) is 7.53. The minimum Gasteiger partial charge on any atom is -0.447 e. The molecular weight excluding hydrogens is 294 g/mol. The molecule has 0 bridgehead atoms. The molecule has 1 amide bonds. The van der Waals surface area contributed by atoms with Crippen molar-refractivity contribution in [2.45, 2.75) is 20.0 Å². The van der Waals surface area contributed by atoms with Gasteiger partial charge in [-0.15, -0.1) is 0 Å². The Balaban J connectivity index is 3.07. The minimum atomic E-state index is -0.435. The summed E-state index contributed by atoms with van der Waals surface area (Å²) in [5, 5.41) is 11.1. The van der Waals surface area contributed by atoms with E-state index in [9.17, 15) is 4.79 Å². The predicted molar refractivity (Wildman–Crippen MR) is 80.0 cm³/mol. The molecule has 0 heterocycles. The highest BCUT2D eigenvalue weighted by molar-refractivity contribution is 5.67. The average molecular weight is 323 g/mol. The number of rotatable bonds is 15. The Labute approximate surface area is 132 Å². The molecule has 8 nitrogen and oxygen atoms in total. The van der Waals surface area contributed by atoms with Crippen molar-refractivity contribution in [2.75, 3.05) is 66.0 Å². The standard InChI is InChI=1S/C14H29NO7/c1-13(2)22-14(17)15-3-5-18-7-9-20-11-12-21-10-8-19-6-4-16/h13,16H,3-12H2,1-2H3,(H,15,17). The first kappa shape index (κ1) is 21.1. The third-order valence-corrected chi connectivity index (χ3v) is 2.21. The van der Waals surface area contributed by atoms with E-state index in [1.54, 1.807) is 13.8 Å². The smallest absolute Gasteiger partial charge is 0.407 e. The van der Waals surface area contributed by atoms with Gasteiger partial charge in [-0.1, -0.05) is 0 Å². The van der Waals surface area contributed by atoms with Gasteiger partial charge in [0.05, 0.1) is 65.6 Å². The number of carbonyl (C=O) groups excluding carboxylic acids is 1. The number of hydrogen-bond donors (Lipinski definition) is 2. The molecule has 0 saturated carbocycles. The quantitative estimate of drug-likeness (QED) is 0.415. The van der Waals surface area contributed by atoms with Crippen LogP contribution in [0.5, 0.6) is 0 Å². The number of aliphatic hydroxyl groups is 1. The molecule has 0 aliphatic carbocycles. The van der Waals surface area contributed by atoms with Gasteiger partial charge in [-0.2, -0.15) is 0 Å². The van der Waals surface area contributed by atoms with E-state index in [2.05, 4.69) is 5.32 Å². The molecule has 0 saturated heterocycles. The van der Waals surface area contributed by atoms with Gasteiger partial charge >= 0.3 is 6.09 Å². The first-order valence-corrected chi connectivity index (χ1v) is 7.53. The van der Waals surface area contributed by atoms with Gasteiger partial charge in [0.1, 0.15) is 0 Å². The zero-order chi connectivity index (χ0) is 16.5. The van der Waals surface area contributed by atoms with Crippen LogP contribution in [0, 0.1) is 0 Å². The van der Waals surface area contributed by atoms with Crippen LogP contribution in [0.2, 0.25) is 0 Å². The van der Waals surface area contributed by atoms with Crippen LogP contribution in [0.25, 0.3) is 0 Å². The van der Waals surface area contributed by atoms with Gasteiger partial charge in [-0.05, 0) is 13.8 Å². The molecule has 2 N–H and O–H groups in total. The summed E-state index contributed by atoms with van der Waals surface area (Å²) in [7, 11) is 0. The zero-order valence-corrected chi connectivity index (χ0v) is 13.5. The maximum atomic E-state index is 11.1. The molecule has 132 valence electrons. The lowest BCUT2D eigenvalue weighted by Gasteiger charge is -2.10. The molecule has 0 aromatic carbocycles. The zero-order valence-electron chi connectivity index (χ0n) is 13.5. The lowest BCUT2D eigenvalue weighted by Crippen LogP contribution is -2.30. The number of hydrogen-bond acceptors (Lipinski definition) is 7. The van der Waals surface area contributed by atoms with E-state index in [4.69, 9.17) is 28.8 Å². The van der Waals surface area contributed by atoms with Crippen molar-refractivity contribution in [3.63, 3.8) is 0 Å². The summed E-state index contributed by atoms with van der Waals surface area (Å²) in [6.07, 6.45) is -0.562. The summed E-state index contributed by atoms with van der Waals surface area (Å²) in [5.41, 5.74) is 0. The molecule has 0 fully saturated rings. The highest BCUT2D eigenvalue weighted by Gasteiger charge is 2.02. The van der Waals surface area contributed by atoms with Crippen LogP contribution in [0.3, 0.4) is 0 Å². The van der Waals surface area contributed by atoms with Gasteiger partial charge in [0.2, 0.25) is 0 Å². The molecule has 0 spiro atoms. The predicted octanol–water partition coefficient (Wildman–Crippen LogP) is 0.180. The summed E-state index contributed by atoms with van der Waals surface area (Å²) >= 11 is 0. The largest absolute Gasteiger partial charge is 0.447 e. The van der Waals surface area contributed by atoms with Crippen LogP contribution in [0.4, 0.5) is 4.79 Å². The number of carbonyl (C=O) groups is 1. The van der Waals surface area contributed by atoms with Gasteiger partial charge in [-0.25, -0.2) is 4.79 Å². The molecular formula is C14H29NO7. The molecule has 0 radical (unpaired) electrons. The van der Waals surface area contributed by atoms with E-state index in [1.807, 2.05) is 0 Å². The Kier molecular flexibility index (Phi) is 15.7. The SMILES string of the molecule is CC(C)OC(=O)NCCOCCOCCOCCOCCO.